The molecule has 2 unspecified atom stereocenters. The summed E-state index contributed by atoms with van der Waals surface area (Å²) >= 11 is 3.48. The van der Waals surface area contributed by atoms with E-state index in [-0.39, 0.29) is 0 Å². The number of hydrogen-bond donors (Lipinski definition) is 1. The Morgan fingerprint density at radius 2 is 2.00 bits per heavy atom. The first kappa shape index (κ1) is 14.6. The number of hydrogen-bond acceptors (Lipinski definition) is 2. The summed E-state index contributed by atoms with van der Waals surface area (Å²) < 4.78 is 6.90. The normalized spacial score (nSPS) is 18.1. The van der Waals surface area contributed by atoms with Crippen LogP contribution in [0.3, 0.4) is 0 Å². The largest absolute Gasteiger partial charge is 0.490 e. The molecule has 21 heavy (non-hydrogen) atoms. The van der Waals surface area contributed by atoms with Crippen molar-refractivity contribution in [3.05, 3.63) is 63.6 Å². The molecule has 3 heteroatoms. The second kappa shape index (κ2) is 6.20. The molecule has 0 aliphatic carbocycles. The molecule has 110 valence electrons. The molecule has 2 atom stereocenters. The molecule has 1 aliphatic rings. The fourth-order valence-corrected chi connectivity index (χ4v) is 3.17. The minimum Gasteiger partial charge on any atom is -0.490 e. The lowest BCUT2D eigenvalue weighted by atomic mass is 9.96. The molecule has 0 amide bonds. The van der Waals surface area contributed by atoms with E-state index < -0.39 is 0 Å². The summed E-state index contributed by atoms with van der Waals surface area (Å²) in [5.74, 6) is 1.05. The Labute approximate surface area is 134 Å². The maximum Gasteiger partial charge on any atom is 0.123 e. The topological polar surface area (TPSA) is 21.3 Å². The highest BCUT2D eigenvalue weighted by Crippen LogP contribution is 2.31. The van der Waals surface area contributed by atoms with Gasteiger partial charge in [0.25, 0.3) is 0 Å². The van der Waals surface area contributed by atoms with E-state index in [0.717, 1.165) is 23.1 Å². The summed E-state index contributed by atoms with van der Waals surface area (Å²) in [6, 6.07) is 15.4. The molecule has 2 aromatic rings. The fraction of sp³-hybridized carbons (Fsp3) is 0.333. The molecule has 0 saturated heterocycles. The first-order valence-corrected chi connectivity index (χ1v) is 8.16. The van der Waals surface area contributed by atoms with Crippen LogP contribution >= 0.6 is 15.9 Å². The lowest BCUT2D eigenvalue weighted by Crippen LogP contribution is -2.18. The average molecular weight is 346 g/mol. The molecule has 1 aliphatic heterocycles. The van der Waals surface area contributed by atoms with Crippen molar-refractivity contribution in [2.24, 2.45) is 0 Å². The number of likely N-dealkylation sites (N-methyl/N-ethyl adjacent to an activating group) is 1. The lowest BCUT2D eigenvalue weighted by Gasteiger charge is -2.17. The third kappa shape index (κ3) is 3.30. The Bertz CT molecular complexity index is 624. The van der Waals surface area contributed by atoms with Gasteiger partial charge >= 0.3 is 0 Å². The average Bonchev–Trinajstić information content (AvgIpc) is 2.85. The SMILES string of the molecule is CNC(Cc1ccc(Br)cc1)c1ccc2c(c1)CC(C)O2. The minimum absolute atomic E-state index is 0.301. The Balaban J connectivity index is 1.80. The fourth-order valence-electron chi connectivity index (χ4n) is 2.90. The van der Waals surface area contributed by atoms with Gasteiger partial charge in [-0.1, -0.05) is 40.2 Å². The molecular weight excluding hydrogens is 326 g/mol. The van der Waals surface area contributed by atoms with Crippen LogP contribution in [0.4, 0.5) is 0 Å². The van der Waals surface area contributed by atoms with Crippen LogP contribution in [0.15, 0.2) is 46.9 Å². The van der Waals surface area contributed by atoms with Crippen LogP contribution in [0.2, 0.25) is 0 Å². The second-order valence-electron chi connectivity index (χ2n) is 5.67. The molecule has 0 bridgehead atoms. The number of ether oxygens (including phenoxy) is 1. The predicted molar refractivity (Wildman–Crippen MR) is 89.9 cm³/mol. The lowest BCUT2D eigenvalue weighted by molar-refractivity contribution is 0.254. The van der Waals surface area contributed by atoms with Gasteiger partial charge in [0.2, 0.25) is 0 Å². The van der Waals surface area contributed by atoms with Crippen LogP contribution in [0.25, 0.3) is 0 Å². The summed E-state index contributed by atoms with van der Waals surface area (Å²) in [6.07, 6.45) is 2.30. The van der Waals surface area contributed by atoms with Crippen LogP contribution in [0, 0.1) is 0 Å². The molecule has 0 spiro atoms. The van der Waals surface area contributed by atoms with Crippen molar-refractivity contribution >= 4 is 15.9 Å². The van der Waals surface area contributed by atoms with E-state index in [1.54, 1.807) is 0 Å². The summed E-state index contributed by atoms with van der Waals surface area (Å²) in [4.78, 5) is 0. The highest BCUT2D eigenvalue weighted by molar-refractivity contribution is 9.10. The van der Waals surface area contributed by atoms with E-state index in [0.29, 0.717) is 12.1 Å². The second-order valence-corrected chi connectivity index (χ2v) is 6.59. The molecule has 2 aromatic carbocycles. The van der Waals surface area contributed by atoms with Gasteiger partial charge in [-0.25, -0.2) is 0 Å². The van der Waals surface area contributed by atoms with Gasteiger partial charge in [-0.05, 0) is 55.3 Å². The van der Waals surface area contributed by atoms with Crippen LogP contribution < -0.4 is 10.1 Å². The van der Waals surface area contributed by atoms with Crippen molar-refractivity contribution in [2.45, 2.75) is 31.9 Å². The first-order valence-electron chi connectivity index (χ1n) is 7.37. The number of rotatable bonds is 4. The Kier molecular flexibility index (Phi) is 4.32. The van der Waals surface area contributed by atoms with E-state index in [9.17, 15) is 0 Å². The standard InChI is InChI=1S/C18H20BrNO/c1-12-9-15-11-14(5-8-18(15)21-12)17(20-2)10-13-3-6-16(19)7-4-13/h3-8,11-12,17,20H,9-10H2,1-2H3. The third-order valence-corrected chi connectivity index (χ3v) is 4.55. The Morgan fingerprint density at radius 3 is 2.71 bits per heavy atom. The molecule has 2 nitrogen and oxygen atoms in total. The van der Waals surface area contributed by atoms with Gasteiger partial charge in [0, 0.05) is 16.9 Å². The number of fused-ring (bicyclic) bond motifs is 1. The maximum absolute atomic E-state index is 5.78. The summed E-state index contributed by atoms with van der Waals surface area (Å²) in [5.41, 5.74) is 4.00. The van der Waals surface area contributed by atoms with Gasteiger partial charge in [-0.15, -0.1) is 0 Å². The van der Waals surface area contributed by atoms with E-state index >= 15 is 0 Å². The monoisotopic (exact) mass is 345 g/mol. The van der Waals surface area contributed by atoms with Crippen molar-refractivity contribution in [1.82, 2.24) is 5.32 Å². The van der Waals surface area contributed by atoms with E-state index in [1.807, 2.05) is 7.05 Å². The molecule has 1 N–H and O–H groups in total. The number of halogens is 1. The van der Waals surface area contributed by atoms with Gasteiger partial charge in [0.15, 0.2) is 0 Å². The molecule has 3 rings (SSSR count). The van der Waals surface area contributed by atoms with E-state index in [2.05, 4.69) is 70.6 Å². The van der Waals surface area contributed by atoms with E-state index in [1.165, 1.54) is 16.7 Å². The first-order chi connectivity index (χ1) is 10.2. The van der Waals surface area contributed by atoms with Crippen molar-refractivity contribution in [3.8, 4) is 5.75 Å². The molecule has 0 aromatic heterocycles. The zero-order valence-corrected chi connectivity index (χ0v) is 14.0. The van der Waals surface area contributed by atoms with Crippen LogP contribution in [-0.4, -0.2) is 13.2 Å². The highest BCUT2D eigenvalue weighted by Gasteiger charge is 2.20. The van der Waals surface area contributed by atoms with Crippen LogP contribution in [-0.2, 0) is 12.8 Å². The van der Waals surface area contributed by atoms with Crippen molar-refractivity contribution in [3.63, 3.8) is 0 Å². The zero-order valence-electron chi connectivity index (χ0n) is 12.4. The van der Waals surface area contributed by atoms with Gasteiger partial charge in [0.05, 0.1) is 0 Å². The van der Waals surface area contributed by atoms with E-state index in [4.69, 9.17) is 4.74 Å². The smallest absolute Gasteiger partial charge is 0.123 e. The quantitative estimate of drug-likeness (QED) is 0.892. The number of nitrogens with one attached hydrogen (secondary N) is 1. The molecular formula is C18H20BrNO. The zero-order chi connectivity index (χ0) is 14.8. The molecule has 0 radical (unpaired) electrons. The minimum atomic E-state index is 0.301. The summed E-state index contributed by atoms with van der Waals surface area (Å²) in [6.45, 7) is 2.12. The van der Waals surface area contributed by atoms with Gasteiger partial charge in [0.1, 0.15) is 11.9 Å². The van der Waals surface area contributed by atoms with Crippen molar-refractivity contribution in [2.75, 3.05) is 7.05 Å². The molecule has 1 heterocycles. The summed E-state index contributed by atoms with van der Waals surface area (Å²) in [5, 5.41) is 3.43. The van der Waals surface area contributed by atoms with Gasteiger partial charge in [-0.2, -0.15) is 0 Å². The highest BCUT2D eigenvalue weighted by atomic mass is 79.9. The van der Waals surface area contributed by atoms with Gasteiger partial charge in [-0.3, -0.25) is 0 Å². The Hall–Kier alpha value is -1.32. The maximum atomic E-state index is 5.78. The van der Waals surface area contributed by atoms with Crippen molar-refractivity contribution in [1.29, 1.82) is 0 Å². The van der Waals surface area contributed by atoms with Crippen LogP contribution in [0.1, 0.15) is 29.7 Å². The molecule has 0 saturated carbocycles. The predicted octanol–water partition coefficient (Wildman–Crippen LogP) is 4.28. The van der Waals surface area contributed by atoms with Crippen molar-refractivity contribution < 1.29 is 4.74 Å². The Morgan fingerprint density at radius 1 is 1.24 bits per heavy atom. The van der Waals surface area contributed by atoms with Gasteiger partial charge < -0.3 is 10.1 Å². The molecule has 0 fully saturated rings. The number of benzene rings is 2. The van der Waals surface area contributed by atoms with Crippen LogP contribution in [0.5, 0.6) is 5.75 Å². The third-order valence-electron chi connectivity index (χ3n) is 4.02. The summed E-state index contributed by atoms with van der Waals surface area (Å²) in [7, 11) is 2.02.